The maximum Gasteiger partial charge on any atom is 0.147 e. The van der Waals surface area contributed by atoms with E-state index in [1.165, 1.54) is 32.7 Å². The fourth-order valence-corrected chi connectivity index (χ4v) is 5.52. The molecule has 0 unspecified atom stereocenters. The topological polar surface area (TPSA) is 26.3 Å². The van der Waals surface area contributed by atoms with Gasteiger partial charge in [-0.2, -0.15) is 0 Å². The quantitative estimate of drug-likeness (QED) is 0.240. The number of rotatable bonds is 1. The van der Waals surface area contributed by atoms with Gasteiger partial charge in [-0.3, -0.25) is 0 Å². The Morgan fingerprint density at radius 1 is 0.412 bits per heavy atom. The SMILES string of the molecule is c1ccc2c(-c3ccc4oc5ccc6c7ccccc7oc6c5c4c3)c3ccccc3cc2c1. The number of hydrogen-bond acceptors (Lipinski definition) is 2. The van der Waals surface area contributed by atoms with Gasteiger partial charge in [0.2, 0.25) is 0 Å². The van der Waals surface area contributed by atoms with Gasteiger partial charge in [0.05, 0.1) is 5.39 Å². The third kappa shape index (κ3) is 2.35. The van der Waals surface area contributed by atoms with Gasteiger partial charge in [-0.05, 0) is 69.1 Å². The number of furan rings is 2. The van der Waals surface area contributed by atoms with E-state index in [1.54, 1.807) is 0 Å². The first kappa shape index (κ1) is 17.9. The Kier molecular flexibility index (Phi) is 3.42. The molecular weight excluding hydrogens is 416 g/mol. The van der Waals surface area contributed by atoms with Crippen molar-refractivity contribution < 1.29 is 8.83 Å². The molecule has 0 aliphatic rings. The van der Waals surface area contributed by atoms with Crippen LogP contribution in [0, 0.1) is 0 Å². The van der Waals surface area contributed by atoms with Crippen molar-refractivity contribution in [2.24, 2.45) is 0 Å². The Hall–Kier alpha value is -4.56. The lowest BCUT2D eigenvalue weighted by Crippen LogP contribution is -1.85. The lowest BCUT2D eigenvalue weighted by Gasteiger charge is -2.12. The van der Waals surface area contributed by atoms with Gasteiger partial charge in [0, 0.05) is 16.2 Å². The molecule has 0 amide bonds. The van der Waals surface area contributed by atoms with Crippen LogP contribution in [0.5, 0.6) is 0 Å². The summed E-state index contributed by atoms with van der Waals surface area (Å²) in [5.41, 5.74) is 5.93. The summed E-state index contributed by atoms with van der Waals surface area (Å²) < 4.78 is 12.6. The normalized spacial score (nSPS) is 12.1. The second-order valence-electron chi connectivity index (χ2n) is 8.92. The zero-order chi connectivity index (χ0) is 22.2. The van der Waals surface area contributed by atoms with E-state index < -0.39 is 0 Å². The summed E-state index contributed by atoms with van der Waals surface area (Å²) in [5, 5.41) is 9.35. The molecule has 0 N–H and O–H groups in total. The molecule has 0 fully saturated rings. The molecule has 2 heteroatoms. The van der Waals surface area contributed by atoms with Crippen molar-refractivity contribution in [3.05, 3.63) is 109 Å². The molecule has 2 nitrogen and oxygen atoms in total. The van der Waals surface area contributed by atoms with Crippen LogP contribution < -0.4 is 0 Å². The lowest BCUT2D eigenvalue weighted by atomic mass is 9.91. The summed E-state index contributed by atoms with van der Waals surface area (Å²) in [6, 6.07) is 38.4. The Balaban J connectivity index is 1.52. The zero-order valence-corrected chi connectivity index (χ0v) is 18.2. The average Bonchev–Trinajstić information content (AvgIpc) is 3.45. The summed E-state index contributed by atoms with van der Waals surface area (Å²) in [6.07, 6.45) is 0. The van der Waals surface area contributed by atoms with Gasteiger partial charge < -0.3 is 8.83 Å². The van der Waals surface area contributed by atoms with Crippen LogP contribution in [-0.2, 0) is 0 Å². The van der Waals surface area contributed by atoms with Crippen LogP contribution in [0.3, 0.4) is 0 Å². The van der Waals surface area contributed by atoms with Crippen LogP contribution in [0.2, 0.25) is 0 Å². The number of benzene rings is 6. The van der Waals surface area contributed by atoms with Crippen LogP contribution >= 0.6 is 0 Å². The van der Waals surface area contributed by atoms with Gasteiger partial charge in [-0.25, -0.2) is 0 Å². The molecule has 0 spiro atoms. The smallest absolute Gasteiger partial charge is 0.147 e. The second kappa shape index (κ2) is 6.49. The summed E-state index contributed by atoms with van der Waals surface area (Å²) in [6.45, 7) is 0. The summed E-state index contributed by atoms with van der Waals surface area (Å²) >= 11 is 0. The average molecular weight is 434 g/mol. The monoisotopic (exact) mass is 434 g/mol. The van der Waals surface area contributed by atoms with E-state index in [9.17, 15) is 0 Å². The maximum absolute atomic E-state index is 6.36. The molecular formula is C32H18O2. The third-order valence-electron chi connectivity index (χ3n) is 7.04. The Labute approximate surface area is 194 Å². The highest BCUT2D eigenvalue weighted by Crippen LogP contribution is 2.42. The van der Waals surface area contributed by atoms with E-state index in [1.807, 2.05) is 12.1 Å². The van der Waals surface area contributed by atoms with E-state index in [0.29, 0.717) is 0 Å². The van der Waals surface area contributed by atoms with Gasteiger partial charge in [-0.1, -0.05) is 72.8 Å². The van der Waals surface area contributed by atoms with E-state index in [2.05, 4.69) is 97.1 Å². The van der Waals surface area contributed by atoms with Crippen molar-refractivity contribution >= 4 is 65.4 Å². The minimum atomic E-state index is 0.849. The van der Waals surface area contributed by atoms with Crippen LogP contribution in [0.15, 0.2) is 118 Å². The predicted octanol–water partition coefficient (Wildman–Crippen LogP) is 9.46. The molecule has 0 aliphatic carbocycles. The molecule has 0 saturated carbocycles. The van der Waals surface area contributed by atoms with Crippen molar-refractivity contribution in [1.82, 2.24) is 0 Å². The fourth-order valence-electron chi connectivity index (χ4n) is 5.52. The van der Waals surface area contributed by atoms with E-state index >= 15 is 0 Å². The van der Waals surface area contributed by atoms with E-state index in [4.69, 9.17) is 8.83 Å². The largest absolute Gasteiger partial charge is 0.456 e. The van der Waals surface area contributed by atoms with Gasteiger partial charge in [0.1, 0.15) is 22.3 Å². The first-order chi connectivity index (χ1) is 16.8. The van der Waals surface area contributed by atoms with Gasteiger partial charge in [0.25, 0.3) is 0 Å². The van der Waals surface area contributed by atoms with Crippen LogP contribution in [-0.4, -0.2) is 0 Å². The molecule has 0 bridgehead atoms. The maximum atomic E-state index is 6.36. The highest BCUT2D eigenvalue weighted by molar-refractivity contribution is 6.23. The van der Waals surface area contributed by atoms with Crippen LogP contribution in [0.4, 0.5) is 0 Å². The molecule has 0 saturated heterocycles. The van der Waals surface area contributed by atoms with E-state index in [-0.39, 0.29) is 0 Å². The Bertz CT molecular complexity index is 2020. The van der Waals surface area contributed by atoms with Crippen molar-refractivity contribution in [3.8, 4) is 11.1 Å². The van der Waals surface area contributed by atoms with Crippen molar-refractivity contribution in [2.45, 2.75) is 0 Å². The predicted molar refractivity (Wildman–Crippen MR) is 141 cm³/mol. The minimum absolute atomic E-state index is 0.849. The number of hydrogen-bond donors (Lipinski definition) is 0. The molecule has 8 aromatic rings. The first-order valence-corrected chi connectivity index (χ1v) is 11.5. The second-order valence-corrected chi connectivity index (χ2v) is 8.92. The molecule has 2 heterocycles. The van der Waals surface area contributed by atoms with Gasteiger partial charge in [-0.15, -0.1) is 0 Å². The standard InChI is InChI=1S/C32H18O2/c1-3-9-22-19(7-1)17-20-8-2-4-10-23(20)30(22)21-13-15-28-26(18-21)31-29(33-28)16-14-25-24-11-5-6-12-27(24)34-32(25)31/h1-18H. The highest BCUT2D eigenvalue weighted by atomic mass is 16.3. The van der Waals surface area contributed by atoms with Gasteiger partial charge >= 0.3 is 0 Å². The van der Waals surface area contributed by atoms with E-state index in [0.717, 1.165) is 43.9 Å². The van der Waals surface area contributed by atoms with Crippen molar-refractivity contribution in [1.29, 1.82) is 0 Å². The fraction of sp³-hybridized carbons (Fsp3) is 0. The molecule has 8 rings (SSSR count). The third-order valence-corrected chi connectivity index (χ3v) is 7.04. The molecule has 0 radical (unpaired) electrons. The molecule has 2 aromatic heterocycles. The van der Waals surface area contributed by atoms with Gasteiger partial charge in [0.15, 0.2) is 0 Å². The highest BCUT2D eigenvalue weighted by Gasteiger charge is 2.17. The molecule has 34 heavy (non-hydrogen) atoms. The Morgan fingerprint density at radius 2 is 1.06 bits per heavy atom. The summed E-state index contributed by atoms with van der Waals surface area (Å²) in [5.74, 6) is 0. The van der Waals surface area contributed by atoms with Crippen LogP contribution in [0.25, 0.3) is 76.5 Å². The zero-order valence-electron chi connectivity index (χ0n) is 18.2. The molecule has 6 aromatic carbocycles. The molecule has 158 valence electrons. The number of para-hydroxylation sites is 1. The first-order valence-electron chi connectivity index (χ1n) is 11.5. The summed E-state index contributed by atoms with van der Waals surface area (Å²) in [7, 11) is 0. The lowest BCUT2D eigenvalue weighted by molar-refractivity contribution is 0.663. The van der Waals surface area contributed by atoms with Crippen molar-refractivity contribution in [3.63, 3.8) is 0 Å². The number of fused-ring (bicyclic) bond motifs is 9. The van der Waals surface area contributed by atoms with Crippen LogP contribution in [0.1, 0.15) is 0 Å². The molecule has 0 atom stereocenters. The molecule has 0 aliphatic heterocycles. The Morgan fingerprint density at radius 3 is 1.85 bits per heavy atom. The van der Waals surface area contributed by atoms with Crippen molar-refractivity contribution in [2.75, 3.05) is 0 Å². The minimum Gasteiger partial charge on any atom is -0.456 e. The summed E-state index contributed by atoms with van der Waals surface area (Å²) in [4.78, 5) is 0.